The summed E-state index contributed by atoms with van der Waals surface area (Å²) in [6.07, 6.45) is 24.7. The van der Waals surface area contributed by atoms with Gasteiger partial charge in [-0.1, -0.05) is 37.1 Å². The van der Waals surface area contributed by atoms with E-state index >= 15 is 0 Å². The second-order valence-corrected chi connectivity index (χ2v) is 16.5. The zero-order valence-electron chi connectivity index (χ0n) is 29.7. The average molecular weight is 663 g/mol. The molecule has 0 N–H and O–H groups in total. The van der Waals surface area contributed by atoms with Crippen LogP contribution in [-0.2, 0) is 14.2 Å². The summed E-state index contributed by atoms with van der Waals surface area (Å²) in [6, 6.07) is 21.0. The van der Waals surface area contributed by atoms with Gasteiger partial charge in [0.2, 0.25) is 0 Å². The van der Waals surface area contributed by atoms with Crippen LogP contribution in [0.15, 0.2) is 48.5 Å². The van der Waals surface area contributed by atoms with E-state index in [1.165, 1.54) is 120 Å². The van der Waals surface area contributed by atoms with Crippen molar-refractivity contribution in [3.05, 3.63) is 70.8 Å². The Kier molecular flexibility index (Phi) is 12.1. The van der Waals surface area contributed by atoms with E-state index in [0.717, 1.165) is 66.5 Å². The van der Waals surface area contributed by atoms with Crippen molar-refractivity contribution in [3.8, 4) is 12.1 Å². The van der Waals surface area contributed by atoms with E-state index in [0.29, 0.717) is 24.2 Å². The minimum atomic E-state index is 0.398. The summed E-state index contributed by atoms with van der Waals surface area (Å²) in [6.45, 7) is 2.74. The fourth-order valence-corrected chi connectivity index (χ4v) is 10.1. The molecule has 2 aliphatic heterocycles. The molecule has 8 rings (SSSR count). The Morgan fingerprint density at radius 1 is 0.510 bits per heavy atom. The van der Waals surface area contributed by atoms with Gasteiger partial charge in [-0.05, 0) is 173 Å². The lowest BCUT2D eigenvalue weighted by Gasteiger charge is -2.38. The lowest BCUT2D eigenvalue weighted by Crippen LogP contribution is -2.29. The second kappa shape index (κ2) is 17.0. The first kappa shape index (κ1) is 34.7. The van der Waals surface area contributed by atoms with Crippen LogP contribution in [0.25, 0.3) is 0 Å². The molecular formula is C44H58N2O3. The third kappa shape index (κ3) is 9.97. The van der Waals surface area contributed by atoms with Gasteiger partial charge in [0, 0.05) is 0 Å². The fourth-order valence-electron chi connectivity index (χ4n) is 10.1. The Balaban J connectivity index is 0.000000154. The van der Waals surface area contributed by atoms with Gasteiger partial charge in [0.1, 0.15) is 6.10 Å². The van der Waals surface area contributed by atoms with Crippen molar-refractivity contribution in [1.82, 2.24) is 0 Å². The number of nitriles is 2. The molecule has 6 fully saturated rings. The van der Waals surface area contributed by atoms with Crippen molar-refractivity contribution in [1.29, 1.82) is 10.5 Å². The number of hydrogen-bond donors (Lipinski definition) is 0. The van der Waals surface area contributed by atoms with Crippen molar-refractivity contribution in [2.75, 3.05) is 19.8 Å². The van der Waals surface area contributed by atoms with E-state index in [1.807, 2.05) is 24.3 Å². The smallest absolute Gasteiger partial charge is 0.104 e. The minimum Gasteiger partial charge on any atom is -0.375 e. The molecule has 0 aromatic heterocycles. The molecule has 0 bridgehead atoms. The number of rotatable bonds is 9. The number of ether oxygens (including phenoxy) is 3. The maximum Gasteiger partial charge on any atom is 0.104 e. The number of hydrogen-bond acceptors (Lipinski definition) is 5. The van der Waals surface area contributed by atoms with Crippen LogP contribution in [-0.4, -0.2) is 38.1 Å². The molecule has 2 aromatic carbocycles. The van der Waals surface area contributed by atoms with Crippen LogP contribution in [0.3, 0.4) is 0 Å². The van der Waals surface area contributed by atoms with Gasteiger partial charge in [-0.3, -0.25) is 0 Å². The van der Waals surface area contributed by atoms with Gasteiger partial charge in [0.05, 0.1) is 55.3 Å². The van der Waals surface area contributed by atoms with E-state index in [1.54, 1.807) is 0 Å². The molecule has 2 unspecified atom stereocenters. The highest BCUT2D eigenvalue weighted by Gasteiger charge is 2.35. The maximum atomic E-state index is 8.94. The Morgan fingerprint density at radius 3 is 1.29 bits per heavy atom. The molecular weight excluding hydrogens is 604 g/mol. The first-order chi connectivity index (χ1) is 24.1. The highest BCUT2D eigenvalue weighted by atomic mass is 16.6. The molecule has 5 heteroatoms. The Morgan fingerprint density at radius 2 is 0.898 bits per heavy atom. The van der Waals surface area contributed by atoms with Crippen LogP contribution >= 0.6 is 0 Å². The summed E-state index contributed by atoms with van der Waals surface area (Å²) in [5.74, 6) is 6.16. The van der Waals surface area contributed by atoms with Crippen LogP contribution in [0, 0.1) is 52.3 Å². The minimum absolute atomic E-state index is 0.398. The summed E-state index contributed by atoms with van der Waals surface area (Å²) in [7, 11) is 0. The average Bonchev–Trinajstić information content (AvgIpc) is 4.13. The van der Waals surface area contributed by atoms with Gasteiger partial charge in [-0.15, -0.1) is 0 Å². The molecule has 2 heterocycles. The van der Waals surface area contributed by atoms with Crippen LogP contribution < -0.4 is 0 Å². The molecule has 2 aromatic rings. The number of benzene rings is 2. The first-order valence-corrected chi connectivity index (χ1v) is 20.0. The fraction of sp³-hybridized carbons (Fsp3) is 0.682. The van der Waals surface area contributed by atoms with Crippen LogP contribution in [0.2, 0.25) is 0 Å². The summed E-state index contributed by atoms with van der Waals surface area (Å²) in [4.78, 5) is 0. The summed E-state index contributed by atoms with van der Waals surface area (Å²) in [5, 5.41) is 17.9. The largest absolute Gasteiger partial charge is 0.375 e. The van der Waals surface area contributed by atoms with Crippen molar-refractivity contribution in [2.24, 2.45) is 29.6 Å². The molecule has 49 heavy (non-hydrogen) atoms. The molecule has 2 saturated heterocycles. The van der Waals surface area contributed by atoms with Crippen molar-refractivity contribution >= 4 is 0 Å². The van der Waals surface area contributed by atoms with E-state index in [9.17, 15) is 0 Å². The van der Waals surface area contributed by atoms with Gasteiger partial charge < -0.3 is 14.2 Å². The Labute approximate surface area is 295 Å². The van der Waals surface area contributed by atoms with Crippen molar-refractivity contribution < 1.29 is 14.2 Å². The number of nitrogens with zero attached hydrogens (tertiary/aromatic N) is 2. The topological polar surface area (TPSA) is 81.9 Å². The van der Waals surface area contributed by atoms with Gasteiger partial charge in [0.25, 0.3) is 0 Å². The molecule has 0 spiro atoms. The Hall–Kier alpha value is -2.70. The lowest BCUT2D eigenvalue weighted by molar-refractivity contribution is 0.00133. The second-order valence-electron chi connectivity index (χ2n) is 16.5. The normalized spacial score (nSPS) is 35.6. The number of epoxide rings is 2. The Bertz CT molecular complexity index is 1370. The van der Waals surface area contributed by atoms with E-state index in [4.69, 9.17) is 24.7 Å². The summed E-state index contributed by atoms with van der Waals surface area (Å²) < 4.78 is 16.6. The quantitative estimate of drug-likeness (QED) is 0.250. The SMILES string of the molecule is N#Cc1ccc(C2CCC(C3CCC(CC4CO4)CC3)CC2)cc1.N#Cc1ccc(C2CCC(C3CCC(OCC4CO4)CC3)CC2)cc1. The first-order valence-electron chi connectivity index (χ1n) is 20.0. The van der Waals surface area contributed by atoms with Crippen LogP contribution in [0.5, 0.6) is 0 Å². The van der Waals surface area contributed by atoms with Crippen LogP contribution in [0.1, 0.15) is 143 Å². The molecule has 5 nitrogen and oxygen atoms in total. The summed E-state index contributed by atoms with van der Waals surface area (Å²) >= 11 is 0. The molecule has 0 amide bonds. The monoisotopic (exact) mass is 662 g/mol. The van der Waals surface area contributed by atoms with Crippen LogP contribution in [0.4, 0.5) is 0 Å². The molecule has 4 saturated carbocycles. The third-order valence-corrected chi connectivity index (χ3v) is 13.4. The maximum absolute atomic E-state index is 8.94. The lowest BCUT2D eigenvalue weighted by atomic mass is 9.68. The van der Waals surface area contributed by atoms with E-state index in [2.05, 4.69) is 36.4 Å². The van der Waals surface area contributed by atoms with E-state index < -0.39 is 0 Å². The highest BCUT2D eigenvalue weighted by Crippen LogP contribution is 2.46. The third-order valence-electron chi connectivity index (χ3n) is 13.4. The predicted octanol–water partition coefficient (Wildman–Crippen LogP) is 10.2. The molecule has 2 atom stereocenters. The molecule has 6 aliphatic rings. The summed E-state index contributed by atoms with van der Waals surface area (Å²) in [5.41, 5.74) is 4.42. The highest BCUT2D eigenvalue weighted by molar-refractivity contribution is 5.34. The van der Waals surface area contributed by atoms with Gasteiger partial charge in [0.15, 0.2) is 0 Å². The van der Waals surface area contributed by atoms with Gasteiger partial charge in [-0.25, -0.2) is 0 Å². The zero-order chi connectivity index (χ0) is 33.4. The van der Waals surface area contributed by atoms with Gasteiger partial charge in [-0.2, -0.15) is 10.5 Å². The standard InChI is InChI=1S/C22H29NO2.C22H29NO/c23-13-16-1-3-17(4-2-16)18-5-7-19(8-6-18)20-9-11-21(12-10-20)24-14-22-15-25-22;23-14-17-3-7-19(8-4-17)21-11-9-20(10-12-21)18-5-1-16(2-6-18)13-22-15-24-22/h1-4,18-22H,5-12,14-15H2;3-4,7-8,16,18,20-22H,1-2,5-6,9-13,15H2. The predicted molar refractivity (Wildman–Crippen MR) is 193 cm³/mol. The van der Waals surface area contributed by atoms with Crippen molar-refractivity contribution in [3.63, 3.8) is 0 Å². The van der Waals surface area contributed by atoms with Gasteiger partial charge >= 0.3 is 0 Å². The molecule has 4 aliphatic carbocycles. The zero-order valence-corrected chi connectivity index (χ0v) is 29.7. The van der Waals surface area contributed by atoms with Crippen molar-refractivity contribution in [2.45, 2.75) is 139 Å². The van der Waals surface area contributed by atoms with E-state index in [-0.39, 0.29) is 0 Å². The molecule has 262 valence electrons. The molecule has 0 radical (unpaired) electrons.